The van der Waals surface area contributed by atoms with Crippen molar-refractivity contribution in [3.05, 3.63) is 35.4 Å². The van der Waals surface area contributed by atoms with Crippen LogP contribution in [0.3, 0.4) is 0 Å². The Balaban J connectivity index is 2.29. The van der Waals surface area contributed by atoms with Gasteiger partial charge in [-0.05, 0) is 38.5 Å². The average molecular weight is 301 g/mol. The van der Waals surface area contributed by atoms with Crippen LogP contribution in [0, 0.1) is 0 Å². The summed E-state index contributed by atoms with van der Waals surface area (Å²) in [4.78, 5) is 16.8. The standard InChI is InChI=1S/C15H18F3NO2/c1-10(2)19-13(8-14(3,9-20)21-19)11-4-6-12(7-5-11)15(16,17)18/h4-7,9-10,13H,8H2,1-3H3/t13-,14-/m0/s1. The molecule has 0 aromatic heterocycles. The molecule has 1 aliphatic heterocycles. The molecule has 0 N–H and O–H groups in total. The fraction of sp³-hybridized carbons (Fsp3) is 0.533. The number of hydrogen-bond acceptors (Lipinski definition) is 3. The van der Waals surface area contributed by atoms with Gasteiger partial charge in [-0.25, -0.2) is 0 Å². The lowest BCUT2D eigenvalue weighted by Crippen LogP contribution is -2.33. The monoisotopic (exact) mass is 301 g/mol. The summed E-state index contributed by atoms with van der Waals surface area (Å²) in [5, 5.41) is 1.68. The molecule has 6 heteroatoms. The van der Waals surface area contributed by atoms with Gasteiger partial charge in [-0.1, -0.05) is 12.1 Å². The maximum absolute atomic E-state index is 12.6. The van der Waals surface area contributed by atoms with E-state index in [-0.39, 0.29) is 12.1 Å². The van der Waals surface area contributed by atoms with Crippen LogP contribution in [0.4, 0.5) is 13.2 Å². The Hall–Kier alpha value is -1.40. The van der Waals surface area contributed by atoms with E-state index in [4.69, 9.17) is 4.84 Å². The number of halogens is 3. The quantitative estimate of drug-likeness (QED) is 0.796. The maximum Gasteiger partial charge on any atom is 0.416 e. The summed E-state index contributed by atoms with van der Waals surface area (Å²) < 4.78 is 37.8. The number of benzene rings is 1. The van der Waals surface area contributed by atoms with Crippen LogP contribution in [0.2, 0.25) is 0 Å². The third-order valence-corrected chi connectivity index (χ3v) is 3.60. The molecule has 0 saturated carbocycles. The molecule has 1 fully saturated rings. The molecular formula is C15H18F3NO2. The van der Waals surface area contributed by atoms with Crippen molar-refractivity contribution in [1.82, 2.24) is 5.06 Å². The molecule has 0 unspecified atom stereocenters. The summed E-state index contributed by atoms with van der Waals surface area (Å²) in [7, 11) is 0. The number of hydrogen-bond donors (Lipinski definition) is 0. The first kappa shape index (κ1) is 16.0. The highest BCUT2D eigenvalue weighted by molar-refractivity contribution is 5.62. The van der Waals surface area contributed by atoms with Crippen molar-refractivity contribution in [2.24, 2.45) is 0 Å². The second kappa shape index (κ2) is 5.42. The second-order valence-corrected chi connectivity index (χ2v) is 5.82. The number of carbonyl (C=O) groups is 1. The van der Waals surface area contributed by atoms with Gasteiger partial charge >= 0.3 is 6.18 Å². The van der Waals surface area contributed by atoms with Crippen LogP contribution < -0.4 is 0 Å². The Morgan fingerprint density at radius 2 is 1.90 bits per heavy atom. The van der Waals surface area contributed by atoms with E-state index < -0.39 is 17.3 Å². The van der Waals surface area contributed by atoms with Gasteiger partial charge in [0.1, 0.15) is 5.60 Å². The highest BCUT2D eigenvalue weighted by Gasteiger charge is 2.44. The molecule has 0 bridgehead atoms. The van der Waals surface area contributed by atoms with E-state index in [1.54, 1.807) is 12.0 Å². The Labute approximate surface area is 121 Å². The van der Waals surface area contributed by atoms with Crippen LogP contribution in [0.5, 0.6) is 0 Å². The van der Waals surface area contributed by atoms with Crippen molar-refractivity contribution in [2.75, 3.05) is 0 Å². The summed E-state index contributed by atoms with van der Waals surface area (Å²) >= 11 is 0. The molecule has 1 saturated heterocycles. The predicted molar refractivity (Wildman–Crippen MR) is 71.3 cm³/mol. The molecule has 2 atom stereocenters. The molecule has 0 aliphatic carbocycles. The van der Waals surface area contributed by atoms with Gasteiger partial charge in [0.2, 0.25) is 0 Å². The van der Waals surface area contributed by atoms with Crippen LogP contribution >= 0.6 is 0 Å². The molecule has 1 heterocycles. The smallest absolute Gasteiger partial charge is 0.300 e. The number of aldehydes is 1. The zero-order valence-electron chi connectivity index (χ0n) is 12.1. The number of alkyl halides is 3. The molecule has 116 valence electrons. The average Bonchev–Trinajstić information content (AvgIpc) is 2.77. The summed E-state index contributed by atoms with van der Waals surface area (Å²) in [6.07, 6.45) is -3.19. The molecule has 2 rings (SSSR count). The van der Waals surface area contributed by atoms with Crippen LogP contribution in [0.15, 0.2) is 24.3 Å². The molecule has 1 aromatic carbocycles. The maximum atomic E-state index is 12.6. The van der Waals surface area contributed by atoms with Crippen LogP contribution in [0.1, 0.15) is 44.4 Å². The number of rotatable bonds is 3. The normalized spacial score (nSPS) is 27.3. The largest absolute Gasteiger partial charge is 0.416 e. The van der Waals surface area contributed by atoms with Gasteiger partial charge in [0.25, 0.3) is 0 Å². The lowest BCUT2D eigenvalue weighted by Gasteiger charge is -2.27. The summed E-state index contributed by atoms with van der Waals surface area (Å²) in [6, 6.07) is 4.79. The van der Waals surface area contributed by atoms with E-state index in [1.165, 1.54) is 12.1 Å². The fourth-order valence-corrected chi connectivity index (χ4v) is 2.51. The van der Waals surface area contributed by atoms with E-state index in [0.717, 1.165) is 18.4 Å². The fourth-order valence-electron chi connectivity index (χ4n) is 2.51. The first-order valence-corrected chi connectivity index (χ1v) is 6.77. The molecule has 21 heavy (non-hydrogen) atoms. The zero-order valence-corrected chi connectivity index (χ0v) is 12.1. The first-order valence-electron chi connectivity index (χ1n) is 6.77. The van der Waals surface area contributed by atoms with Crippen molar-refractivity contribution in [3.63, 3.8) is 0 Å². The number of carbonyl (C=O) groups excluding carboxylic acids is 1. The van der Waals surface area contributed by atoms with Crippen molar-refractivity contribution >= 4 is 6.29 Å². The van der Waals surface area contributed by atoms with E-state index in [2.05, 4.69) is 0 Å². The highest BCUT2D eigenvalue weighted by Crippen LogP contribution is 2.41. The number of hydroxylamine groups is 2. The minimum Gasteiger partial charge on any atom is -0.300 e. The van der Waals surface area contributed by atoms with Gasteiger partial charge in [0.15, 0.2) is 6.29 Å². The molecular weight excluding hydrogens is 283 g/mol. The minimum atomic E-state index is -4.35. The van der Waals surface area contributed by atoms with Crippen molar-refractivity contribution in [1.29, 1.82) is 0 Å². The highest BCUT2D eigenvalue weighted by atomic mass is 19.4. The Bertz CT molecular complexity index is 513. The summed E-state index contributed by atoms with van der Waals surface area (Å²) in [5.74, 6) is 0. The van der Waals surface area contributed by atoms with Gasteiger partial charge in [0, 0.05) is 12.5 Å². The van der Waals surface area contributed by atoms with Crippen LogP contribution in [0.25, 0.3) is 0 Å². The van der Waals surface area contributed by atoms with Gasteiger partial charge in [0.05, 0.1) is 11.6 Å². The Morgan fingerprint density at radius 3 is 2.33 bits per heavy atom. The third-order valence-electron chi connectivity index (χ3n) is 3.60. The number of nitrogens with zero attached hydrogens (tertiary/aromatic N) is 1. The summed E-state index contributed by atoms with van der Waals surface area (Å²) in [6.45, 7) is 5.50. The third kappa shape index (κ3) is 3.27. The molecule has 0 amide bonds. The van der Waals surface area contributed by atoms with Gasteiger partial charge in [-0.2, -0.15) is 18.2 Å². The Morgan fingerprint density at radius 1 is 1.33 bits per heavy atom. The van der Waals surface area contributed by atoms with E-state index in [9.17, 15) is 18.0 Å². The predicted octanol–water partition coefficient (Wildman–Crippen LogP) is 3.75. The lowest BCUT2D eigenvalue weighted by atomic mass is 9.94. The Kier molecular flexibility index (Phi) is 4.13. The molecule has 0 radical (unpaired) electrons. The molecule has 3 nitrogen and oxygen atoms in total. The van der Waals surface area contributed by atoms with E-state index in [1.807, 2.05) is 13.8 Å². The zero-order chi connectivity index (χ0) is 15.8. The molecule has 0 spiro atoms. The SMILES string of the molecule is CC(C)N1O[C@](C)(C=O)C[C@H]1c1ccc(C(F)(F)F)cc1. The first-order chi connectivity index (χ1) is 9.66. The van der Waals surface area contributed by atoms with Gasteiger partial charge in [-0.15, -0.1) is 0 Å². The van der Waals surface area contributed by atoms with Crippen molar-refractivity contribution in [3.8, 4) is 0 Å². The van der Waals surface area contributed by atoms with Crippen molar-refractivity contribution < 1.29 is 22.8 Å². The molecule has 1 aliphatic rings. The summed E-state index contributed by atoms with van der Waals surface area (Å²) in [5.41, 5.74) is -0.904. The van der Waals surface area contributed by atoms with E-state index >= 15 is 0 Å². The van der Waals surface area contributed by atoms with E-state index in [0.29, 0.717) is 12.0 Å². The minimum absolute atomic E-state index is 0.0130. The molecule has 1 aromatic rings. The second-order valence-electron chi connectivity index (χ2n) is 5.82. The van der Waals surface area contributed by atoms with Gasteiger partial charge < -0.3 is 4.79 Å². The van der Waals surface area contributed by atoms with Crippen LogP contribution in [-0.4, -0.2) is 23.0 Å². The van der Waals surface area contributed by atoms with Gasteiger partial charge in [-0.3, -0.25) is 4.84 Å². The lowest BCUT2D eigenvalue weighted by molar-refractivity contribution is -0.210. The topological polar surface area (TPSA) is 29.5 Å². The van der Waals surface area contributed by atoms with Crippen molar-refractivity contribution in [2.45, 2.75) is 51.1 Å². The van der Waals surface area contributed by atoms with Crippen LogP contribution in [-0.2, 0) is 15.8 Å².